The first-order valence-corrected chi connectivity index (χ1v) is 9.53. The molecule has 2 heterocycles. The highest BCUT2D eigenvalue weighted by Gasteiger charge is 2.27. The molecule has 1 N–H and O–H groups in total. The number of nitrogens with one attached hydrogen (secondary N) is 1. The number of hydrogen-bond acceptors (Lipinski definition) is 5. The molecule has 0 aliphatic carbocycles. The summed E-state index contributed by atoms with van der Waals surface area (Å²) in [5, 5.41) is 4.31. The fourth-order valence-electron chi connectivity index (χ4n) is 2.27. The Kier molecular flexibility index (Phi) is 5.06. The second-order valence-electron chi connectivity index (χ2n) is 4.67. The second-order valence-corrected chi connectivity index (χ2v) is 8.37. The van der Waals surface area contributed by atoms with Crippen LogP contribution in [-0.2, 0) is 13.8 Å². The van der Waals surface area contributed by atoms with Crippen molar-refractivity contribution in [3.8, 4) is 0 Å². The highest BCUT2D eigenvalue weighted by Crippen LogP contribution is 2.25. The third-order valence-electron chi connectivity index (χ3n) is 3.35. The second kappa shape index (κ2) is 6.43. The SMILES string of the molecule is CCC1OCCC1CNC(=O)c1csc(S(=O)(=O)Cl)c1. The normalized spacial score (nSPS) is 22.9. The largest absolute Gasteiger partial charge is 0.378 e. The van der Waals surface area contributed by atoms with Gasteiger partial charge in [-0.05, 0) is 18.9 Å². The number of halogens is 1. The van der Waals surface area contributed by atoms with Crippen molar-refractivity contribution in [2.75, 3.05) is 13.2 Å². The molecular formula is C12H16ClNO4S2. The van der Waals surface area contributed by atoms with Crippen LogP contribution in [0, 0.1) is 5.92 Å². The highest BCUT2D eigenvalue weighted by atomic mass is 35.7. The maximum absolute atomic E-state index is 12.0. The van der Waals surface area contributed by atoms with Crippen LogP contribution >= 0.6 is 22.0 Å². The zero-order valence-corrected chi connectivity index (χ0v) is 13.4. The van der Waals surface area contributed by atoms with Gasteiger partial charge in [0.2, 0.25) is 0 Å². The van der Waals surface area contributed by atoms with E-state index in [0.717, 1.165) is 30.8 Å². The Morgan fingerprint density at radius 1 is 1.60 bits per heavy atom. The van der Waals surface area contributed by atoms with E-state index in [9.17, 15) is 13.2 Å². The molecule has 2 unspecified atom stereocenters. The minimum Gasteiger partial charge on any atom is -0.378 e. The molecule has 2 atom stereocenters. The standard InChI is InChI=1S/C12H16ClNO4S2/c1-2-10-8(3-4-18-10)6-14-12(15)9-5-11(19-7-9)20(13,16)17/h5,7-8,10H,2-4,6H2,1H3,(H,14,15). The summed E-state index contributed by atoms with van der Waals surface area (Å²) >= 11 is 0.943. The number of carbonyl (C=O) groups excluding carboxylic acids is 1. The Hall–Kier alpha value is -0.630. The molecule has 2 rings (SSSR count). The van der Waals surface area contributed by atoms with Gasteiger partial charge in [0.15, 0.2) is 0 Å². The average Bonchev–Trinajstić information content (AvgIpc) is 3.03. The van der Waals surface area contributed by atoms with E-state index < -0.39 is 9.05 Å². The van der Waals surface area contributed by atoms with Crippen molar-refractivity contribution in [3.05, 3.63) is 17.0 Å². The van der Waals surface area contributed by atoms with E-state index in [-0.39, 0.29) is 16.2 Å². The van der Waals surface area contributed by atoms with E-state index >= 15 is 0 Å². The van der Waals surface area contributed by atoms with E-state index in [1.165, 1.54) is 11.4 Å². The summed E-state index contributed by atoms with van der Waals surface area (Å²) in [5.74, 6) is 0.0355. The van der Waals surface area contributed by atoms with Crippen molar-refractivity contribution >= 4 is 37.0 Å². The molecule has 0 radical (unpaired) electrons. The van der Waals surface area contributed by atoms with Crippen LogP contribution in [0.5, 0.6) is 0 Å². The first kappa shape index (κ1) is 15.8. The minimum absolute atomic E-state index is 0.0139. The fraction of sp³-hybridized carbons (Fsp3) is 0.583. The smallest absolute Gasteiger partial charge is 0.270 e. The highest BCUT2D eigenvalue weighted by molar-refractivity contribution is 8.15. The Morgan fingerprint density at radius 2 is 2.35 bits per heavy atom. The monoisotopic (exact) mass is 337 g/mol. The number of hydrogen-bond donors (Lipinski definition) is 1. The molecule has 8 heteroatoms. The molecule has 20 heavy (non-hydrogen) atoms. The lowest BCUT2D eigenvalue weighted by atomic mass is 9.99. The molecule has 1 saturated heterocycles. The topological polar surface area (TPSA) is 72.5 Å². The summed E-state index contributed by atoms with van der Waals surface area (Å²) in [4.78, 5) is 12.0. The van der Waals surface area contributed by atoms with Crippen molar-refractivity contribution in [2.45, 2.75) is 30.1 Å². The van der Waals surface area contributed by atoms with Crippen LogP contribution in [0.2, 0.25) is 0 Å². The maximum atomic E-state index is 12.0. The first-order valence-electron chi connectivity index (χ1n) is 6.34. The average molecular weight is 338 g/mol. The van der Waals surface area contributed by atoms with Crippen LogP contribution in [0.25, 0.3) is 0 Å². The number of amides is 1. The lowest BCUT2D eigenvalue weighted by Gasteiger charge is -2.16. The van der Waals surface area contributed by atoms with Gasteiger partial charge in [-0.25, -0.2) is 8.42 Å². The van der Waals surface area contributed by atoms with Gasteiger partial charge in [0.05, 0.1) is 11.7 Å². The molecule has 1 aromatic rings. The van der Waals surface area contributed by atoms with Gasteiger partial charge in [0.1, 0.15) is 4.21 Å². The van der Waals surface area contributed by atoms with Crippen LogP contribution in [0.15, 0.2) is 15.7 Å². The summed E-state index contributed by atoms with van der Waals surface area (Å²) in [5.41, 5.74) is 0.321. The summed E-state index contributed by atoms with van der Waals surface area (Å²) in [7, 11) is 1.46. The third kappa shape index (κ3) is 3.72. The predicted octanol–water partition coefficient (Wildman–Crippen LogP) is 2.22. The lowest BCUT2D eigenvalue weighted by Crippen LogP contribution is -2.32. The van der Waals surface area contributed by atoms with Crippen molar-refractivity contribution in [2.24, 2.45) is 5.92 Å². The third-order valence-corrected chi connectivity index (χ3v) is 6.39. The molecule has 0 saturated carbocycles. The number of thiophene rings is 1. The van der Waals surface area contributed by atoms with Crippen LogP contribution in [0.3, 0.4) is 0 Å². The first-order chi connectivity index (χ1) is 9.41. The van der Waals surface area contributed by atoms with Gasteiger partial charge < -0.3 is 10.1 Å². The molecule has 1 fully saturated rings. The predicted molar refractivity (Wildman–Crippen MR) is 77.8 cm³/mol. The molecule has 1 amide bonds. The summed E-state index contributed by atoms with van der Waals surface area (Å²) in [6, 6.07) is 1.30. The lowest BCUT2D eigenvalue weighted by molar-refractivity contribution is 0.0827. The van der Waals surface area contributed by atoms with E-state index in [1.54, 1.807) is 0 Å². The van der Waals surface area contributed by atoms with Crippen LogP contribution in [0.4, 0.5) is 0 Å². The Balaban J connectivity index is 1.94. The Morgan fingerprint density at radius 3 is 2.95 bits per heavy atom. The van der Waals surface area contributed by atoms with Gasteiger partial charge in [0, 0.05) is 35.1 Å². The van der Waals surface area contributed by atoms with Crippen molar-refractivity contribution < 1.29 is 17.9 Å². The van der Waals surface area contributed by atoms with Gasteiger partial charge in [-0.15, -0.1) is 11.3 Å². The molecule has 1 aromatic heterocycles. The minimum atomic E-state index is -3.77. The van der Waals surface area contributed by atoms with Gasteiger partial charge >= 0.3 is 0 Å². The molecule has 0 aromatic carbocycles. The molecule has 1 aliphatic rings. The van der Waals surface area contributed by atoms with Crippen LogP contribution < -0.4 is 5.32 Å². The molecule has 5 nitrogen and oxygen atoms in total. The maximum Gasteiger partial charge on any atom is 0.270 e. The van der Waals surface area contributed by atoms with Crippen LogP contribution in [0.1, 0.15) is 30.1 Å². The van der Waals surface area contributed by atoms with Crippen molar-refractivity contribution in [1.29, 1.82) is 0 Å². The number of rotatable bonds is 5. The van der Waals surface area contributed by atoms with E-state index in [0.29, 0.717) is 18.0 Å². The van der Waals surface area contributed by atoms with Gasteiger partial charge in [-0.3, -0.25) is 4.79 Å². The summed E-state index contributed by atoms with van der Waals surface area (Å²) in [6.07, 6.45) is 2.05. The van der Waals surface area contributed by atoms with E-state index in [2.05, 4.69) is 12.2 Å². The Bertz CT molecular complexity index is 584. The fourth-order valence-corrected chi connectivity index (χ4v) is 4.21. The quantitative estimate of drug-likeness (QED) is 0.836. The summed E-state index contributed by atoms with van der Waals surface area (Å²) in [6.45, 7) is 3.32. The number of ether oxygens (including phenoxy) is 1. The summed E-state index contributed by atoms with van der Waals surface area (Å²) < 4.78 is 27.8. The Labute approximate surface area is 126 Å². The van der Waals surface area contributed by atoms with Gasteiger partial charge in [-0.2, -0.15) is 0 Å². The zero-order chi connectivity index (χ0) is 14.8. The van der Waals surface area contributed by atoms with Gasteiger partial charge in [0.25, 0.3) is 15.0 Å². The van der Waals surface area contributed by atoms with Gasteiger partial charge in [-0.1, -0.05) is 6.92 Å². The van der Waals surface area contributed by atoms with E-state index in [4.69, 9.17) is 15.4 Å². The zero-order valence-electron chi connectivity index (χ0n) is 11.0. The van der Waals surface area contributed by atoms with Crippen LogP contribution in [-0.4, -0.2) is 33.6 Å². The van der Waals surface area contributed by atoms with Crippen molar-refractivity contribution in [3.63, 3.8) is 0 Å². The van der Waals surface area contributed by atoms with Crippen molar-refractivity contribution in [1.82, 2.24) is 5.32 Å². The molecule has 112 valence electrons. The molecule has 1 aliphatic heterocycles. The molecule has 0 bridgehead atoms. The van der Waals surface area contributed by atoms with E-state index in [1.807, 2.05) is 0 Å². The molecular weight excluding hydrogens is 322 g/mol. The molecule has 0 spiro atoms. The number of carbonyl (C=O) groups is 1.